The molecule has 0 aliphatic heterocycles. The molecule has 0 aliphatic rings. The molecule has 25 heavy (non-hydrogen) atoms. The van der Waals surface area contributed by atoms with E-state index in [1.165, 1.54) is 6.07 Å². The molecule has 0 unspecified atom stereocenters. The van der Waals surface area contributed by atoms with Gasteiger partial charge in [-0.1, -0.05) is 26.0 Å². The zero-order chi connectivity index (χ0) is 18.6. The molecule has 0 fully saturated rings. The van der Waals surface area contributed by atoms with Gasteiger partial charge in [-0.2, -0.15) is 5.10 Å². The Bertz CT molecular complexity index is 697. The monoisotopic (exact) mass is 348 g/mol. The van der Waals surface area contributed by atoms with Gasteiger partial charge in [0.2, 0.25) is 5.88 Å². The Morgan fingerprint density at radius 2 is 2.04 bits per heavy atom. The zero-order valence-corrected chi connectivity index (χ0v) is 16.0. The first-order chi connectivity index (χ1) is 11.8. The van der Waals surface area contributed by atoms with Crippen LogP contribution in [0.3, 0.4) is 0 Å². The summed E-state index contributed by atoms with van der Waals surface area (Å²) in [6, 6.07) is 6.86. The minimum Gasteiger partial charge on any atom is -0.481 e. The van der Waals surface area contributed by atoms with Crippen molar-refractivity contribution < 1.29 is 9.13 Å². The Hall–Kier alpha value is -1.92. The molecule has 1 aromatic heterocycles. The maximum absolute atomic E-state index is 13.6. The minimum absolute atomic E-state index is 0.0841. The van der Waals surface area contributed by atoms with Gasteiger partial charge in [0, 0.05) is 26.2 Å². The van der Waals surface area contributed by atoms with Crippen molar-refractivity contribution in [1.29, 1.82) is 0 Å². The third-order valence-electron chi connectivity index (χ3n) is 4.36. The summed E-state index contributed by atoms with van der Waals surface area (Å²) in [7, 11) is 7.56. The van der Waals surface area contributed by atoms with Crippen LogP contribution in [0.2, 0.25) is 0 Å². The minimum atomic E-state index is -0.208. The maximum Gasteiger partial charge on any atom is 0.216 e. The average molecular weight is 348 g/mol. The standard InChI is InChI=1S/C19H29FN4O/c1-13(2)18-16(19(25-6)24(5)22-18)11-21-12-17(23(3)4)14-8-7-9-15(20)10-14/h7-10,13,17,21H,11-12H2,1-6H3/t17-/m0/s1. The van der Waals surface area contributed by atoms with E-state index in [2.05, 4.69) is 29.2 Å². The fourth-order valence-corrected chi connectivity index (χ4v) is 3.10. The number of hydrogen-bond donors (Lipinski definition) is 1. The molecule has 1 heterocycles. The number of rotatable bonds is 8. The zero-order valence-electron chi connectivity index (χ0n) is 16.0. The van der Waals surface area contributed by atoms with Crippen molar-refractivity contribution in [2.24, 2.45) is 7.05 Å². The van der Waals surface area contributed by atoms with Gasteiger partial charge in [-0.3, -0.25) is 0 Å². The summed E-state index contributed by atoms with van der Waals surface area (Å²) in [5, 5.41) is 8.06. The molecule has 2 rings (SSSR count). The Labute approximate surface area is 149 Å². The molecule has 0 radical (unpaired) electrons. The van der Waals surface area contributed by atoms with Crippen molar-refractivity contribution in [2.45, 2.75) is 32.4 Å². The predicted molar refractivity (Wildman–Crippen MR) is 98.4 cm³/mol. The van der Waals surface area contributed by atoms with Crippen molar-refractivity contribution in [1.82, 2.24) is 20.0 Å². The summed E-state index contributed by atoms with van der Waals surface area (Å²) in [4.78, 5) is 2.09. The van der Waals surface area contributed by atoms with Crippen LogP contribution >= 0.6 is 0 Å². The third kappa shape index (κ3) is 4.58. The number of methoxy groups -OCH3 is 1. The molecule has 2 aromatic rings. The lowest BCUT2D eigenvalue weighted by atomic mass is 10.0. The summed E-state index contributed by atoms with van der Waals surface area (Å²) < 4.78 is 20.8. The topological polar surface area (TPSA) is 42.3 Å². The molecule has 0 amide bonds. The second kappa shape index (κ2) is 8.45. The van der Waals surface area contributed by atoms with Crippen LogP contribution in [-0.2, 0) is 13.6 Å². The van der Waals surface area contributed by atoms with E-state index in [1.54, 1.807) is 23.9 Å². The third-order valence-corrected chi connectivity index (χ3v) is 4.36. The summed E-state index contributed by atoms with van der Waals surface area (Å²) >= 11 is 0. The van der Waals surface area contributed by atoms with E-state index < -0.39 is 0 Å². The Morgan fingerprint density at radius 3 is 2.60 bits per heavy atom. The molecule has 0 spiro atoms. The maximum atomic E-state index is 13.6. The first-order valence-corrected chi connectivity index (χ1v) is 8.57. The Kier molecular flexibility index (Phi) is 6.56. The number of aromatic nitrogens is 2. The van der Waals surface area contributed by atoms with Crippen LogP contribution in [0.1, 0.15) is 42.6 Å². The predicted octanol–water partition coefficient (Wildman–Crippen LogP) is 3.08. The number of likely N-dealkylation sites (N-methyl/N-ethyl adjacent to an activating group) is 1. The molecular weight excluding hydrogens is 319 g/mol. The van der Waals surface area contributed by atoms with E-state index in [9.17, 15) is 4.39 Å². The van der Waals surface area contributed by atoms with Crippen LogP contribution in [0.5, 0.6) is 5.88 Å². The van der Waals surface area contributed by atoms with Gasteiger partial charge in [-0.25, -0.2) is 9.07 Å². The summed E-state index contributed by atoms with van der Waals surface area (Å²) in [5.41, 5.74) is 3.08. The highest BCUT2D eigenvalue weighted by Crippen LogP contribution is 2.27. The van der Waals surface area contributed by atoms with Crippen molar-refractivity contribution >= 4 is 0 Å². The molecule has 0 aliphatic carbocycles. The lowest BCUT2D eigenvalue weighted by Gasteiger charge is -2.25. The first-order valence-electron chi connectivity index (χ1n) is 8.57. The number of nitrogens with zero attached hydrogens (tertiary/aromatic N) is 3. The largest absolute Gasteiger partial charge is 0.481 e. The van der Waals surface area contributed by atoms with Crippen LogP contribution < -0.4 is 10.1 Å². The van der Waals surface area contributed by atoms with Crippen LogP contribution in [0.4, 0.5) is 4.39 Å². The van der Waals surface area contributed by atoms with Crippen molar-refractivity contribution in [3.8, 4) is 5.88 Å². The molecular formula is C19H29FN4O. The summed E-state index contributed by atoms with van der Waals surface area (Å²) in [5.74, 6) is 0.892. The molecule has 5 nitrogen and oxygen atoms in total. The highest BCUT2D eigenvalue weighted by atomic mass is 19.1. The van der Waals surface area contributed by atoms with Crippen LogP contribution in [0.25, 0.3) is 0 Å². The van der Waals surface area contributed by atoms with Crippen LogP contribution in [0.15, 0.2) is 24.3 Å². The van der Waals surface area contributed by atoms with Gasteiger partial charge in [0.1, 0.15) is 5.82 Å². The second-order valence-electron chi connectivity index (χ2n) is 6.82. The molecule has 0 bridgehead atoms. The Morgan fingerprint density at radius 1 is 1.32 bits per heavy atom. The smallest absolute Gasteiger partial charge is 0.216 e. The van der Waals surface area contributed by atoms with Gasteiger partial charge in [0.15, 0.2) is 0 Å². The lowest BCUT2D eigenvalue weighted by Crippen LogP contribution is -2.31. The van der Waals surface area contributed by atoms with Crippen LogP contribution in [-0.4, -0.2) is 42.4 Å². The fourth-order valence-electron chi connectivity index (χ4n) is 3.10. The first kappa shape index (κ1) is 19.4. The van der Waals surface area contributed by atoms with E-state index in [1.807, 2.05) is 27.2 Å². The van der Waals surface area contributed by atoms with Gasteiger partial charge in [0.05, 0.1) is 18.4 Å². The SMILES string of the molecule is COc1c(CNC[C@@H](c2cccc(F)c2)N(C)C)c(C(C)C)nn1C. The van der Waals surface area contributed by atoms with Gasteiger partial charge >= 0.3 is 0 Å². The normalized spacial score (nSPS) is 12.8. The average Bonchev–Trinajstić information content (AvgIpc) is 2.87. The molecule has 6 heteroatoms. The van der Waals surface area contributed by atoms with E-state index in [-0.39, 0.29) is 11.9 Å². The number of hydrogen-bond acceptors (Lipinski definition) is 4. The second-order valence-corrected chi connectivity index (χ2v) is 6.82. The van der Waals surface area contributed by atoms with Crippen molar-refractivity contribution in [3.63, 3.8) is 0 Å². The van der Waals surface area contributed by atoms with Crippen molar-refractivity contribution in [2.75, 3.05) is 27.7 Å². The number of nitrogens with one attached hydrogen (secondary N) is 1. The molecule has 0 saturated heterocycles. The molecule has 0 saturated carbocycles. The number of benzene rings is 1. The van der Waals surface area contributed by atoms with E-state index >= 15 is 0 Å². The van der Waals surface area contributed by atoms with Gasteiger partial charge in [-0.05, 0) is 37.7 Å². The fraction of sp³-hybridized carbons (Fsp3) is 0.526. The molecule has 1 aromatic carbocycles. The quantitative estimate of drug-likeness (QED) is 0.796. The number of ether oxygens (including phenoxy) is 1. The highest BCUT2D eigenvalue weighted by Gasteiger charge is 2.20. The van der Waals surface area contributed by atoms with E-state index in [4.69, 9.17) is 4.74 Å². The lowest BCUT2D eigenvalue weighted by molar-refractivity contribution is 0.287. The molecule has 138 valence electrons. The van der Waals surface area contributed by atoms with Crippen molar-refractivity contribution in [3.05, 3.63) is 46.9 Å². The van der Waals surface area contributed by atoms with Gasteiger partial charge in [0.25, 0.3) is 0 Å². The Balaban J connectivity index is 2.13. The summed E-state index contributed by atoms with van der Waals surface area (Å²) in [6.45, 7) is 5.61. The highest BCUT2D eigenvalue weighted by molar-refractivity contribution is 5.33. The van der Waals surface area contributed by atoms with Crippen LogP contribution in [0, 0.1) is 5.82 Å². The summed E-state index contributed by atoms with van der Waals surface area (Å²) in [6.07, 6.45) is 0. The molecule has 1 N–H and O–H groups in total. The number of aryl methyl sites for hydroxylation is 1. The number of halogens is 1. The van der Waals surface area contributed by atoms with E-state index in [0.29, 0.717) is 19.0 Å². The molecule has 1 atom stereocenters. The van der Waals surface area contributed by atoms with E-state index in [0.717, 1.165) is 22.7 Å². The van der Waals surface area contributed by atoms with Gasteiger partial charge in [-0.15, -0.1) is 0 Å². The van der Waals surface area contributed by atoms with Gasteiger partial charge < -0.3 is 15.0 Å².